The maximum Gasteiger partial charge on any atom is 0.141 e. The number of hydrogen-bond acceptors (Lipinski definition) is 1. The molecule has 86 valence electrons. The largest absolute Gasteiger partial charge is 0.347 e. The molecule has 0 aliphatic rings. The lowest BCUT2D eigenvalue weighted by Gasteiger charge is -2.14. The summed E-state index contributed by atoms with van der Waals surface area (Å²) < 4.78 is 2.30. The summed E-state index contributed by atoms with van der Waals surface area (Å²) in [6.07, 6.45) is 6.21. The highest BCUT2D eigenvalue weighted by atomic mass is 15.1. The van der Waals surface area contributed by atoms with Crippen LogP contribution in [0.15, 0.2) is 24.9 Å². The van der Waals surface area contributed by atoms with Gasteiger partial charge in [-0.2, -0.15) is 0 Å². The van der Waals surface area contributed by atoms with E-state index in [9.17, 15) is 0 Å². The molecule has 0 saturated heterocycles. The highest BCUT2D eigenvalue weighted by Gasteiger charge is 2.07. The van der Waals surface area contributed by atoms with Crippen LogP contribution in [-0.2, 0) is 6.54 Å². The lowest BCUT2D eigenvalue weighted by molar-refractivity contribution is 0.383. The number of rotatable bonds is 5. The number of allylic oxidation sites excluding steroid dienone is 1. The minimum Gasteiger partial charge on any atom is -0.347 e. The molecule has 0 N–H and O–H groups in total. The van der Waals surface area contributed by atoms with Crippen molar-refractivity contribution in [3.05, 3.63) is 36.2 Å². The Labute approximate surface area is 99.7 Å². The molecule has 1 aromatic heterocycles. The van der Waals surface area contributed by atoms with Crippen LogP contribution in [0.4, 0.5) is 0 Å². The lowest BCUT2D eigenvalue weighted by Crippen LogP contribution is -2.19. The first kappa shape index (κ1) is 12.9. The SMILES string of the molecule is B/C(=C/C)c1c(C=C)ccn1CCN(C)C. The van der Waals surface area contributed by atoms with Gasteiger partial charge in [-0.25, -0.2) is 0 Å². The molecule has 0 unspecified atom stereocenters. The van der Waals surface area contributed by atoms with Gasteiger partial charge in [0.25, 0.3) is 0 Å². The third-order valence-corrected chi connectivity index (χ3v) is 2.81. The predicted molar refractivity (Wildman–Crippen MR) is 75.3 cm³/mol. The third kappa shape index (κ3) is 2.89. The molecule has 0 aliphatic carbocycles. The molecule has 0 bridgehead atoms. The molecule has 1 heterocycles. The summed E-state index contributed by atoms with van der Waals surface area (Å²) in [5.74, 6) is 0. The van der Waals surface area contributed by atoms with E-state index in [1.807, 2.05) is 6.08 Å². The second kappa shape index (κ2) is 5.76. The summed E-state index contributed by atoms with van der Waals surface area (Å²) >= 11 is 0. The fourth-order valence-corrected chi connectivity index (χ4v) is 1.74. The van der Waals surface area contributed by atoms with Crippen molar-refractivity contribution in [2.45, 2.75) is 13.5 Å². The Morgan fingerprint density at radius 1 is 1.56 bits per heavy atom. The zero-order chi connectivity index (χ0) is 12.1. The maximum atomic E-state index is 3.87. The number of aromatic nitrogens is 1. The average Bonchev–Trinajstić information content (AvgIpc) is 2.68. The molecular formula is C13H21BN2. The zero-order valence-electron chi connectivity index (χ0n) is 10.8. The fourth-order valence-electron chi connectivity index (χ4n) is 1.74. The van der Waals surface area contributed by atoms with E-state index in [0.717, 1.165) is 13.1 Å². The van der Waals surface area contributed by atoms with Crippen molar-refractivity contribution in [3.8, 4) is 0 Å². The highest BCUT2D eigenvalue weighted by Crippen LogP contribution is 2.19. The molecule has 2 nitrogen and oxygen atoms in total. The Hall–Kier alpha value is -1.22. The summed E-state index contributed by atoms with van der Waals surface area (Å²) in [5, 5.41) is 0. The molecule has 0 atom stereocenters. The number of hydrogen-bond donors (Lipinski definition) is 0. The molecule has 1 aromatic rings. The van der Waals surface area contributed by atoms with Crippen LogP contribution >= 0.6 is 0 Å². The Bertz CT molecular complexity index is 389. The molecule has 3 heteroatoms. The quantitative estimate of drug-likeness (QED) is 0.680. The van der Waals surface area contributed by atoms with Crippen molar-refractivity contribution < 1.29 is 0 Å². The summed E-state index contributed by atoms with van der Waals surface area (Å²) in [6, 6.07) is 2.13. The molecule has 0 amide bonds. The molecule has 16 heavy (non-hydrogen) atoms. The number of likely N-dealkylation sites (N-methyl/N-ethyl adjacent to an activating group) is 1. The molecule has 0 saturated carbocycles. The van der Waals surface area contributed by atoms with Crippen LogP contribution in [0.25, 0.3) is 11.5 Å². The molecule has 0 fully saturated rings. The molecular weight excluding hydrogens is 195 g/mol. The van der Waals surface area contributed by atoms with Gasteiger partial charge in [0.15, 0.2) is 0 Å². The topological polar surface area (TPSA) is 8.17 Å². The molecule has 0 aromatic carbocycles. The van der Waals surface area contributed by atoms with Crippen LogP contribution in [0.2, 0.25) is 0 Å². The monoisotopic (exact) mass is 216 g/mol. The van der Waals surface area contributed by atoms with Gasteiger partial charge in [0.1, 0.15) is 7.85 Å². The normalized spacial score (nSPS) is 12.1. The summed E-state index contributed by atoms with van der Waals surface area (Å²) in [6.45, 7) is 8.01. The number of nitrogens with zero attached hydrogens (tertiary/aromatic N) is 2. The van der Waals surface area contributed by atoms with E-state index in [1.165, 1.54) is 16.7 Å². The first-order valence-corrected chi connectivity index (χ1v) is 5.69. The van der Waals surface area contributed by atoms with E-state index in [2.05, 4.69) is 63.3 Å². The second-order valence-corrected chi connectivity index (χ2v) is 4.29. The van der Waals surface area contributed by atoms with E-state index >= 15 is 0 Å². The van der Waals surface area contributed by atoms with Gasteiger partial charge >= 0.3 is 0 Å². The van der Waals surface area contributed by atoms with Crippen LogP contribution in [0.5, 0.6) is 0 Å². The fraction of sp³-hybridized carbons (Fsp3) is 0.385. The van der Waals surface area contributed by atoms with Crippen molar-refractivity contribution in [2.75, 3.05) is 20.6 Å². The van der Waals surface area contributed by atoms with Crippen LogP contribution in [0, 0.1) is 0 Å². The van der Waals surface area contributed by atoms with E-state index in [0.29, 0.717) is 0 Å². The summed E-state index contributed by atoms with van der Waals surface area (Å²) in [5.41, 5.74) is 3.81. The van der Waals surface area contributed by atoms with Crippen LogP contribution in [0.3, 0.4) is 0 Å². The molecule has 0 radical (unpaired) electrons. The molecule has 0 aliphatic heterocycles. The van der Waals surface area contributed by atoms with E-state index in [-0.39, 0.29) is 0 Å². The van der Waals surface area contributed by atoms with E-state index in [1.54, 1.807) is 0 Å². The van der Waals surface area contributed by atoms with E-state index < -0.39 is 0 Å². The lowest BCUT2D eigenvalue weighted by atomic mass is 9.90. The van der Waals surface area contributed by atoms with Gasteiger partial charge in [0, 0.05) is 25.0 Å². The van der Waals surface area contributed by atoms with Crippen LogP contribution in [0.1, 0.15) is 18.2 Å². The summed E-state index contributed by atoms with van der Waals surface area (Å²) in [7, 11) is 6.34. The Balaban J connectivity index is 3.00. The second-order valence-electron chi connectivity index (χ2n) is 4.29. The Morgan fingerprint density at radius 2 is 2.25 bits per heavy atom. The Morgan fingerprint density at radius 3 is 2.75 bits per heavy atom. The minimum absolute atomic E-state index is 1.02. The van der Waals surface area contributed by atoms with Crippen LogP contribution in [-0.4, -0.2) is 38.0 Å². The highest BCUT2D eigenvalue weighted by molar-refractivity contribution is 6.42. The van der Waals surface area contributed by atoms with Gasteiger partial charge in [-0.3, -0.25) is 0 Å². The standard InChI is InChI=1S/C13H21BN2/c1-5-11-7-8-16(10-9-15(3)4)13(11)12(14)6-2/h5-8H,1,9-10,14H2,2-4H3/b12-6+. The van der Waals surface area contributed by atoms with Crippen molar-refractivity contribution in [2.24, 2.45) is 0 Å². The van der Waals surface area contributed by atoms with Crippen molar-refractivity contribution >= 4 is 19.4 Å². The maximum absolute atomic E-state index is 3.87. The average molecular weight is 216 g/mol. The van der Waals surface area contributed by atoms with Crippen molar-refractivity contribution in [1.82, 2.24) is 9.47 Å². The first-order valence-electron chi connectivity index (χ1n) is 5.69. The summed E-state index contributed by atoms with van der Waals surface area (Å²) in [4.78, 5) is 2.20. The van der Waals surface area contributed by atoms with Gasteiger partial charge in [-0.1, -0.05) is 24.2 Å². The van der Waals surface area contributed by atoms with Gasteiger partial charge in [0.2, 0.25) is 0 Å². The van der Waals surface area contributed by atoms with Gasteiger partial charge in [0.05, 0.1) is 0 Å². The van der Waals surface area contributed by atoms with Gasteiger partial charge in [-0.05, 0) is 32.6 Å². The minimum atomic E-state index is 1.02. The predicted octanol–water partition coefficient (Wildman–Crippen LogP) is 1.69. The first-order chi connectivity index (χ1) is 7.60. The van der Waals surface area contributed by atoms with Gasteiger partial charge in [-0.15, -0.1) is 0 Å². The van der Waals surface area contributed by atoms with Crippen LogP contribution < -0.4 is 0 Å². The zero-order valence-corrected chi connectivity index (χ0v) is 10.8. The Kier molecular flexibility index (Phi) is 4.62. The smallest absolute Gasteiger partial charge is 0.141 e. The van der Waals surface area contributed by atoms with Crippen molar-refractivity contribution in [3.63, 3.8) is 0 Å². The molecule has 0 spiro atoms. The molecule has 1 rings (SSSR count). The van der Waals surface area contributed by atoms with E-state index in [4.69, 9.17) is 0 Å². The van der Waals surface area contributed by atoms with Crippen molar-refractivity contribution in [1.29, 1.82) is 0 Å². The van der Waals surface area contributed by atoms with Gasteiger partial charge < -0.3 is 9.47 Å². The third-order valence-electron chi connectivity index (χ3n) is 2.81.